The first kappa shape index (κ1) is 21.9. The molecule has 1 saturated heterocycles. The highest BCUT2D eigenvalue weighted by molar-refractivity contribution is 7.22. The summed E-state index contributed by atoms with van der Waals surface area (Å²) in [6, 6.07) is 10.9. The first-order valence-corrected chi connectivity index (χ1v) is 11.7. The molecular weight excluding hydrogens is 465 g/mol. The van der Waals surface area contributed by atoms with Gasteiger partial charge in [-0.15, -0.1) is 0 Å². The number of nitrogens with zero attached hydrogens (tertiary/aromatic N) is 3. The third-order valence-electron chi connectivity index (χ3n) is 5.00. The molecule has 0 bridgehead atoms. The van der Waals surface area contributed by atoms with Crippen molar-refractivity contribution in [1.82, 2.24) is 9.88 Å². The number of hydrogen-bond acceptors (Lipinski definition) is 6. The number of rotatable bonds is 6. The summed E-state index contributed by atoms with van der Waals surface area (Å²) in [5, 5.41) is 13.1. The normalized spacial score (nSPS) is 16.6. The lowest BCUT2D eigenvalue weighted by molar-refractivity contribution is 0.0705. The highest BCUT2D eigenvalue weighted by Crippen LogP contribution is 2.31. The van der Waals surface area contributed by atoms with E-state index in [0.717, 1.165) is 53.0 Å². The molecule has 1 aromatic heterocycles. The summed E-state index contributed by atoms with van der Waals surface area (Å²) in [5.41, 5.74) is 0.982. The minimum absolute atomic E-state index is 0.205. The van der Waals surface area contributed by atoms with Crippen molar-refractivity contribution in [1.29, 1.82) is 0 Å². The van der Waals surface area contributed by atoms with E-state index in [-0.39, 0.29) is 6.61 Å². The molecule has 1 N–H and O–H groups in total. The number of aliphatic hydroxyl groups is 1. The average molecular weight is 487 g/mol. The lowest BCUT2D eigenvalue weighted by Gasteiger charge is -2.24. The van der Waals surface area contributed by atoms with E-state index in [1.54, 1.807) is 29.5 Å². The van der Waals surface area contributed by atoms with Gasteiger partial charge >= 0.3 is 0 Å². The minimum atomic E-state index is -0.587. The predicted molar refractivity (Wildman–Crippen MR) is 126 cm³/mol. The Morgan fingerprint density at radius 2 is 1.90 bits per heavy atom. The van der Waals surface area contributed by atoms with Crippen molar-refractivity contribution >= 4 is 61.5 Å². The van der Waals surface area contributed by atoms with Gasteiger partial charge in [-0.1, -0.05) is 46.1 Å². The van der Waals surface area contributed by atoms with Crippen LogP contribution in [0.25, 0.3) is 10.2 Å². The summed E-state index contributed by atoms with van der Waals surface area (Å²) in [4.78, 5) is 9.35. The summed E-state index contributed by atoms with van der Waals surface area (Å²) >= 11 is 19.7. The number of thiazole rings is 1. The molecule has 4 rings (SSSR count). The van der Waals surface area contributed by atoms with Gasteiger partial charge in [-0.05, 0) is 43.3 Å². The van der Waals surface area contributed by atoms with Crippen LogP contribution in [0.2, 0.25) is 15.1 Å². The Kier molecular flexibility index (Phi) is 7.24. The third-order valence-corrected chi connectivity index (χ3v) is 7.05. The van der Waals surface area contributed by atoms with Crippen LogP contribution in [0.1, 0.15) is 6.42 Å². The Balaban J connectivity index is 1.29. The smallest absolute Gasteiger partial charge is 0.186 e. The number of benzene rings is 2. The van der Waals surface area contributed by atoms with Gasteiger partial charge in [0.25, 0.3) is 0 Å². The van der Waals surface area contributed by atoms with Gasteiger partial charge in [-0.25, -0.2) is 4.98 Å². The Bertz CT molecular complexity index is 1020. The number of anilines is 1. The van der Waals surface area contributed by atoms with Gasteiger partial charge in [0.1, 0.15) is 18.5 Å². The molecule has 2 heterocycles. The van der Waals surface area contributed by atoms with E-state index in [2.05, 4.69) is 9.80 Å². The molecule has 2 aromatic carbocycles. The zero-order chi connectivity index (χ0) is 21.1. The van der Waals surface area contributed by atoms with Crippen molar-refractivity contribution < 1.29 is 9.84 Å². The molecule has 0 spiro atoms. The maximum absolute atomic E-state index is 10.4. The Morgan fingerprint density at radius 3 is 2.73 bits per heavy atom. The predicted octanol–water partition coefficient (Wildman–Crippen LogP) is 5.21. The van der Waals surface area contributed by atoms with Crippen LogP contribution >= 0.6 is 46.1 Å². The van der Waals surface area contributed by atoms with Crippen LogP contribution < -0.4 is 9.64 Å². The van der Waals surface area contributed by atoms with Crippen LogP contribution in [0.4, 0.5) is 5.13 Å². The number of aromatic nitrogens is 1. The van der Waals surface area contributed by atoms with E-state index in [1.165, 1.54) is 0 Å². The number of aliphatic hydroxyl groups excluding tert-OH is 1. The fourth-order valence-corrected chi connectivity index (χ4v) is 5.06. The second-order valence-corrected chi connectivity index (χ2v) is 9.55. The van der Waals surface area contributed by atoms with Gasteiger partial charge in [-0.2, -0.15) is 0 Å². The fraction of sp³-hybridized carbons (Fsp3) is 0.381. The summed E-state index contributed by atoms with van der Waals surface area (Å²) in [6.07, 6.45) is 0.424. The Morgan fingerprint density at radius 1 is 1.03 bits per heavy atom. The summed E-state index contributed by atoms with van der Waals surface area (Å²) < 4.78 is 6.77. The van der Waals surface area contributed by atoms with E-state index in [4.69, 9.17) is 44.5 Å². The Hall–Kier alpha value is -1.28. The quantitative estimate of drug-likeness (QED) is 0.518. The van der Waals surface area contributed by atoms with E-state index in [0.29, 0.717) is 22.3 Å². The van der Waals surface area contributed by atoms with Crippen molar-refractivity contribution in [2.24, 2.45) is 0 Å². The number of halogens is 3. The van der Waals surface area contributed by atoms with Crippen molar-refractivity contribution in [3.63, 3.8) is 0 Å². The SMILES string of the molecule is O[C@H](COc1ccc(Cl)c(Cl)c1)CN1CCCN(c2nc3ccc(Cl)cc3s2)CC1. The molecule has 9 heteroatoms. The van der Waals surface area contributed by atoms with Crippen LogP contribution in [0.15, 0.2) is 36.4 Å². The topological polar surface area (TPSA) is 48.8 Å². The maximum atomic E-state index is 10.4. The molecule has 0 amide bonds. The highest BCUT2D eigenvalue weighted by Gasteiger charge is 2.20. The molecule has 0 radical (unpaired) electrons. The number of fused-ring (bicyclic) bond motifs is 1. The van der Waals surface area contributed by atoms with Gasteiger partial charge in [0.2, 0.25) is 0 Å². The summed E-state index contributed by atoms with van der Waals surface area (Å²) in [7, 11) is 0. The second-order valence-electron chi connectivity index (χ2n) is 7.29. The molecule has 0 aliphatic carbocycles. The number of hydrogen-bond donors (Lipinski definition) is 1. The molecule has 0 unspecified atom stereocenters. The maximum Gasteiger partial charge on any atom is 0.186 e. The van der Waals surface area contributed by atoms with Crippen LogP contribution in [0.5, 0.6) is 5.75 Å². The summed E-state index contributed by atoms with van der Waals surface area (Å²) in [6.45, 7) is 4.37. The molecule has 5 nitrogen and oxygen atoms in total. The van der Waals surface area contributed by atoms with E-state index >= 15 is 0 Å². The van der Waals surface area contributed by atoms with Crippen molar-refractivity contribution in [2.75, 3.05) is 44.2 Å². The van der Waals surface area contributed by atoms with Gasteiger partial charge in [0, 0.05) is 37.3 Å². The van der Waals surface area contributed by atoms with Crippen molar-refractivity contribution in [2.45, 2.75) is 12.5 Å². The first-order valence-electron chi connectivity index (χ1n) is 9.77. The molecule has 1 aliphatic rings. The molecular formula is C21H22Cl3N3O2S. The molecule has 1 fully saturated rings. The second kappa shape index (κ2) is 9.90. The molecule has 1 atom stereocenters. The lowest BCUT2D eigenvalue weighted by Crippen LogP contribution is -2.38. The standard InChI is InChI=1S/C21H22Cl3N3O2S/c22-14-2-5-19-20(10-14)30-21(25-19)27-7-1-6-26(8-9-27)12-15(28)13-29-16-3-4-17(23)18(24)11-16/h2-5,10-11,15,28H,1,6-9,12-13H2/t15-/m0/s1. The first-order chi connectivity index (χ1) is 14.5. The van der Waals surface area contributed by atoms with Gasteiger partial charge < -0.3 is 14.7 Å². The van der Waals surface area contributed by atoms with E-state index in [1.807, 2.05) is 18.2 Å². The van der Waals surface area contributed by atoms with Crippen LogP contribution in [0, 0.1) is 0 Å². The minimum Gasteiger partial charge on any atom is -0.491 e. The highest BCUT2D eigenvalue weighted by atomic mass is 35.5. The number of ether oxygens (including phenoxy) is 1. The zero-order valence-corrected chi connectivity index (χ0v) is 19.3. The lowest BCUT2D eigenvalue weighted by atomic mass is 10.3. The molecule has 1 aliphatic heterocycles. The molecule has 160 valence electrons. The third kappa shape index (κ3) is 5.49. The molecule has 30 heavy (non-hydrogen) atoms. The van der Waals surface area contributed by atoms with Crippen LogP contribution in [-0.4, -0.2) is 60.4 Å². The van der Waals surface area contributed by atoms with Gasteiger partial charge in [0.15, 0.2) is 5.13 Å². The molecule has 3 aromatic rings. The van der Waals surface area contributed by atoms with Crippen molar-refractivity contribution in [3.05, 3.63) is 51.5 Å². The summed E-state index contributed by atoms with van der Waals surface area (Å²) in [5.74, 6) is 0.599. The molecule has 0 saturated carbocycles. The largest absolute Gasteiger partial charge is 0.491 e. The Labute approximate surface area is 194 Å². The van der Waals surface area contributed by atoms with E-state index < -0.39 is 6.10 Å². The zero-order valence-electron chi connectivity index (χ0n) is 16.2. The van der Waals surface area contributed by atoms with Crippen LogP contribution in [-0.2, 0) is 0 Å². The average Bonchev–Trinajstić information content (AvgIpc) is 3.00. The van der Waals surface area contributed by atoms with E-state index in [9.17, 15) is 5.11 Å². The number of β-amino-alcohol motifs (C(OH)–C–C–N with tert-alkyl or cyclic N) is 1. The van der Waals surface area contributed by atoms with Crippen molar-refractivity contribution in [3.8, 4) is 5.75 Å². The van der Waals surface area contributed by atoms with Gasteiger partial charge in [-0.3, -0.25) is 4.90 Å². The monoisotopic (exact) mass is 485 g/mol. The fourth-order valence-electron chi connectivity index (χ4n) is 3.48. The van der Waals surface area contributed by atoms with Crippen LogP contribution in [0.3, 0.4) is 0 Å². The van der Waals surface area contributed by atoms with Gasteiger partial charge in [0.05, 0.1) is 20.3 Å².